The first kappa shape index (κ1) is 16.9. The van der Waals surface area contributed by atoms with Gasteiger partial charge in [-0.2, -0.15) is 0 Å². The summed E-state index contributed by atoms with van der Waals surface area (Å²) in [6.07, 6.45) is 2.53. The number of hydrogen-bond donors (Lipinski definition) is 2. The Morgan fingerprint density at radius 2 is 2.05 bits per heavy atom. The van der Waals surface area contributed by atoms with Gasteiger partial charge in [-0.05, 0) is 51.2 Å². The van der Waals surface area contributed by atoms with Gasteiger partial charge < -0.3 is 15.3 Å². The fourth-order valence-corrected chi connectivity index (χ4v) is 2.05. The predicted octanol–water partition coefficient (Wildman–Crippen LogP) is 1.77. The number of carbonyl (C=O) groups is 2. The number of amides is 1. The largest absolute Gasteiger partial charge is 0.478 e. The van der Waals surface area contributed by atoms with Crippen LogP contribution in [0.15, 0.2) is 24.3 Å². The van der Waals surface area contributed by atoms with Crippen LogP contribution < -0.4 is 5.32 Å². The molecule has 0 fully saturated rings. The molecule has 2 N–H and O–H groups in total. The Morgan fingerprint density at radius 1 is 1.38 bits per heavy atom. The lowest BCUT2D eigenvalue weighted by molar-refractivity contribution is -0.131. The van der Waals surface area contributed by atoms with Crippen molar-refractivity contribution in [3.05, 3.63) is 41.0 Å². The van der Waals surface area contributed by atoms with Crippen molar-refractivity contribution in [1.82, 2.24) is 10.2 Å². The maximum atomic E-state index is 12.3. The van der Waals surface area contributed by atoms with Gasteiger partial charge in [0.15, 0.2) is 0 Å². The molecule has 0 radical (unpaired) electrons. The van der Waals surface area contributed by atoms with Crippen molar-refractivity contribution in [1.29, 1.82) is 0 Å². The van der Waals surface area contributed by atoms with Crippen LogP contribution in [0.5, 0.6) is 0 Å². The molecule has 0 spiro atoms. The van der Waals surface area contributed by atoms with Gasteiger partial charge in [-0.3, -0.25) is 4.79 Å². The summed E-state index contributed by atoms with van der Waals surface area (Å²) < 4.78 is 0. The normalized spacial score (nSPS) is 12.6. The van der Waals surface area contributed by atoms with E-state index in [0.29, 0.717) is 11.1 Å². The van der Waals surface area contributed by atoms with E-state index in [1.54, 1.807) is 12.1 Å². The van der Waals surface area contributed by atoms with Crippen LogP contribution in [-0.4, -0.2) is 48.6 Å². The number of rotatable bonds is 6. The highest BCUT2D eigenvalue weighted by atomic mass is 16.4. The van der Waals surface area contributed by atoms with Crippen molar-refractivity contribution in [2.24, 2.45) is 0 Å². The van der Waals surface area contributed by atoms with Crippen LogP contribution in [-0.2, 0) is 4.79 Å². The van der Waals surface area contributed by atoms with E-state index < -0.39 is 5.97 Å². The number of carboxylic acids is 1. The van der Waals surface area contributed by atoms with E-state index in [1.807, 2.05) is 38.9 Å². The third kappa shape index (κ3) is 5.79. The minimum atomic E-state index is -1.01. The molecule has 0 heterocycles. The van der Waals surface area contributed by atoms with E-state index in [-0.39, 0.29) is 11.9 Å². The number of likely N-dealkylation sites (N-methyl/N-ethyl adjacent to an activating group) is 1. The molecule has 0 aliphatic carbocycles. The zero-order chi connectivity index (χ0) is 16.0. The van der Waals surface area contributed by atoms with Crippen LogP contribution in [0, 0.1) is 6.92 Å². The lowest BCUT2D eigenvalue weighted by Crippen LogP contribution is -2.39. The first-order valence-corrected chi connectivity index (χ1v) is 6.77. The van der Waals surface area contributed by atoms with Gasteiger partial charge in [0.2, 0.25) is 0 Å². The molecule has 0 aliphatic rings. The summed E-state index contributed by atoms with van der Waals surface area (Å²) in [5.41, 5.74) is 2.11. The standard InChI is InChI=1S/C16H22N2O3/c1-11-5-6-13(7-8-15(19)20)9-14(11)16(21)17-12(2)10-18(3)4/h5-9,12H,10H2,1-4H3,(H,17,21)(H,19,20)/b8-7+. The number of nitrogens with zero attached hydrogens (tertiary/aromatic N) is 1. The molecule has 21 heavy (non-hydrogen) atoms. The number of aryl methyl sites for hydroxylation is 1. The number of benzene rings is 1. The lowest BCUT2D eigenvalue weighted by atomic mass is 10.0. The van der Waals surface area contributed by atoms with Gasteiger partial charge in [0.05, 0.1) is 0 Å². The summed E-state index contributed by atoms with van der Waals surface area (Å²) in [4.78, 5) is 24.8. The molecule has 1 unspecified atom stereocenters. The van der Waals surface area contributed by atoms with E-state index in [0.717, 1.165) is 18.2 Å². The molecule has 1 rings (SSSR count). The van der Waals surface area contributed by atoms with E-state index in [4.69, 9.17) is 5.11 Å². The molecular weight excluding hydrogens is 268 g/mol. The van der Waals surface area contributed by atoms with Gasteiger partial charge >= 0.3 is 5.97 Å². The number of hydrogen-bond acceptors (Lipinski definition) is 3. The van der Waals surface area contributed by atoms with Gasteiger partial charge in [0.1, 0.15) is 0 Å². The minimum Gasteiger partial charge on any atom is -0.478 e. The van der Waals surface area contributed by atoms with Gasteiger partial charge in [-0.15, -0.1) is 0 Å². The van der Waals surface area contributed by atoms with E-state index in [2.05, 4.69) is 5.32 Å². The first-order chi connectivity index (χ1) is 9.79. The monoisotopic (exact) mass is 290 g/mol. The maximum absolute atomic E-state index is 12.3. The fraction of sp³-hybridized carbons (Fsp3) is 0.375. The van der Waals surface area contributed by atoms with Gasteiger partial charge in [0, 0.05) is 24.2 Å². The highest BCUT2D eigenvalue weighted by Gasteiger charge is 2.13. The third-order valence-corrected chi connectivity index (χ3v) is 2.94. The predicted molar refractivity (Wildman–Crippen MR) is 83.3 cm³/mol. The van der Waals surface area contributed by atoms with Crippen LogP contribution in [0.3, 0.4) is 0 Å². The number of aliphatic carboxylic acids is 1. The molecule has 1 amide bonds. The second kappa shape index (κ2) is 7.59. The lowest BCUT2D eigenvalue weighted by Gasteiger charge is -2.19. The Hall–Kier alpha value is -2.14. The molecule has 5 nitrogen and oxygen atoms in total. The molecule has 1 atom stereocenters. The highest BCUT2D eigenvalue weighted by Crippen LogP contribution is 2.13. The van der Waals surface area contributed by atoms with E-state index in [9.17, 15) is 9.59 Å². The molecular formula is C16H22N2O3. The topological polar surface area (TPSA) is 69.6 Å². The molecule has 0 bridgehead atoms. The summed E-state index contributed by atoms with van der Waals surface area (Å²) in [5.74, 6) is -1.16. The highest BCUT2D eigenvalue weighted by molar-refractivity contribution is 5.96. The van der Waals surface area contributed by atoms with Crippen molar-refractivity contribution in [2.45, 2.75) is 19.9 Å². The van der Waals surface area contributed by atoms with Crippen molar-refractivity contribution in [3.8, 4) is 0 Å². The Labute approximate surface area is 125 Å². The molecule has 1 aromatic carbocycles. The average molecular weight is 290 g/mol. The summed E-state index contributed by atoms with van der Waals surface area (Å²) in [7, 11) is 3.90. The quantitative estimate of drug-likeness (QED) is 0.783. The van der Waals surface area contributed by atoms with Crippen LogP contribution in [0.25, 0.3) is 6.08 Å². The minimum absolute atomic E-state index is 0.0325. The second-order valence-electron chi connectivity index (χ2n) is 5.38. The Kier molecular flexibility index (Phi) is 6.11. The molecule has 5 heteroatoms. The van der Waals surface area contributed by atoms with Crippen LogP contribution in [0.2, 0.25) is 0 Å². The third-order valence-electron chi connectivity index (χ3n) is 2.94. The SMILES string of the molecule is Cc1ccc(/C=C/C(=O)O)cc1C(=O)NC(C)CN(C)C. The van der Waals surface area contributed by atoms with Crippen LogP contribution >= 0.6 is 0 Å². The van der Waals surface area contributed by atoms with Crippen LogP contribution in [0.1, 0.15) is 28.4 Å². The van der Waals surface area contributed by atoms with E-state index in [1.165, 1.54) is 6.08 Å². The maximum Gasteiger partial charge on any atom is 0.328 e. The smallest absolute Gasteiger partial charge is 0.328 e. The average Bonchev–Trinajstić information content (AvgIpc) is 2.36. The van der Waals surface area contributed by atoms with Crippen LogP contribution in [0.4, 0.5) is 0 Å². The first-order valence-electron chi connectivity index (χ1n) is 6.77. The van der Waals surface area contributed by atoms with Crippen molar-refractivity contribution < 1.29 is 14.7 Å². The number of carboxylic acid groups (broad SMARTS) is 1. The summed E-state index contributed by atoms with van der Waals surface area (Å²) >= 11 is 0. The molecule has 0 saturated carbocycles. The molecule has 0 aromatic heterocycles. The molecule has 114 valence electrons. The number of nitrogens with one attached hydrogen (secondary N) is 1. The zero-order valence-corrected chi connectivity index (χ0v) is 12.9. The molecule has 1 aromatic rings. The van der Waals surface area contributed by atoms with E-state index >= 15 is 0 Å². The molecule has 0 saturated heterocycles. The van der Waals surface area contributed by atoms with Gasteiger partial charge in [0.25, 0.3) is 5.91 Å². The van der Waals surface area contributed by atoms with Crippen molar-refractivity contribution in [3.63, 3.8) is 0 Å². The zero-order valence-electron chi connectivity index (χ0n) is 12.9. The molecule has 0 aliphatic heterocycles. The Morgan fingerprint density at radius 3 is 2.62 bits per heavy atom. The second-order valence-corrected chi connectivity index (χ2v) is 5.38. The summed E-state index contributed by atoms with van der Waals surface area (Å²) in [6, 6.07) is 5.33. The fourth-order valence-electron chi connectivity index (χ4n) is 2.05. The van der Waals surface area contributed by atoms with Gasteiger partial charge in [-0.25, -0.2) is 4.79 Å². The Bertz CT molecular complexity index is 550. The Balaban J connectivity index is 2.88. The summed E-state index contributed by atoms with van der Waals surface area (Å²) in [5, 5.41) is 11.6. The van der Waals surface area contributed by atoms with Gasteiger partial charge in [-0.1, -0.05) is 12.1 Å². The van der Waals surface area contributed by atoms with Crippen molar-refractivity contribution >= 4 is 18.0 Å². The summed E-state index contributed by atoms with van der Waals surface area (Å²) in [6.45, 7) is 4.56. The van der Waals surface area contributed by atoms with Crippen molar-refractivity contribution in [2.75, 3.05) is 20.6 Å². The number of carbonyl (C=O) groups excluding carboxylic acids is 1.